The predicted molar refractivity (Wildman–Crippen MR) is 129 cm³/mol. The van der Waals surface area contributed by atoms with E-state index in [0.717, 1.165) is 5.56 Å². The Morgan fingerprint density at radius 2 is 1.90 bits per heavy atom. The molecular weight excluding hydrogens is 502 g/mol. The second-order valence-electron chi connectivity index (χ2n) is 6.55. The smallest absolute Gasteiger partial charge is 0.222 e. The maximum Gasteiger partial charge on any atom is 0.222 e. The predicted octanol–water partition coefficient (Wildman–Crippen LogP) is 3.48. The van der Waals surface area contributed by atoms with Crippen molar-refractivity contribution in [3.05, 3.63) is 65.0 Å². The van der Waals surface area contributed by atoms with Crippen LogP contribution in [0.4, 0.5) is 4.39 Å². The first-order chi connectivity index (χ1) is 13.4. The van der Waals surface area contributed by atoms with Gasteiger partial charge in [0.1, 0.15) is 5.82 Å². The lowest BCUT2D eigenvalue weighted by Gasteiger charge is -2.18. The number of rotatable bonds is 8. The monoisotopic (exact) mass is 530 g/mol. The molecule has 8 heteroatoms. The summed E-state index contributed by atoms with van der Waals surface area (Å²) in [5.41, 5.74) is 8.81. The number of nitrogens with two attached hydrogens (primary N) is 1. The quantitative estimate of drug-likeness (QED) is 0.211. The Bertz CT molecular complexity index is 830. The number of aryl methyl sites for hydroxylation is 1. The normalized spacial score (nSPS) is 12.1. The first-order valence-electron chi connectivity index (χ1n) is 9.04. The van der Waals surface area contributed by atoms with Gasteiger partial charge in [0.25, 0.3) is 0 Å². The highest BCUT2D eigenvalue weighted by Crippen LogP contribution is 2.21. The number of halogens is 2. The van der Waals surface area contributed by atoms with Gasteiger partial charge in [-0.25, -0.2) is 4.39 Å². The number of nitrogens with zero attached hydrogens (tertiary/aromatic N) is 1. The molecule has 5 nitrogen and oxygen atoms in total. The van der Waals surface area contributed by atoms with E-state index in [1.165, 1.54) is 28.2 Å². The van der Waals surface area contributed by atoms with Crippen molar-refractivity contribution in [2.75, 3.05) is 19.8 Å². The van der Waals surface area contributed by atoms with Crippen LogP contribution in [0.1, 0.15) is 16.7 Å². The van der Waals surface area contributed by atoms with E-state index >= 15 is 0 Å². The Labute approximate surface area is 193 Å². The molecule has 0 aliphatic heterocycles. The van der Waals surface area contributed by atoms with Crippen molar-refractivity contribution in [1.29, 1.82) is 0 Å². The average Bonchev–Trinajstić information content (AvgIpc) is 2.69. The van der Waals surface area contributed by atoms with Crippen LogP contribution in [0.3, 0.4) is 0 Å². The minimum absolute atomic E-state index is 0. The maximum atomic E-state index is 13.1. The van der Waals surface area contributed by atoms with Crippen LogP contribution in [0.25, 0.3) is 0 Å². The van der Waals surface area contributed by atoms with Crippen molar-refractivity contribution in [3.8, 4) is 0 Å². The summed E-state index contributed by atoms with van der Waals surface area (Å²) in [5, 5.41) is 6.43. The van der Waals surface area contributed by atoms with Gasteiger partial charge in [-0.3, -0.25) is 9.79 Å². The zero-order valence-corrected chi connectivity index (χ0v) is 20.0. The fourth-order valence-electron chi connectivity index (χ4n) is 2.80. The molecule has 0 aliphatic carbocycles. The van der Waals surface area contributed by atoms with E-state index in [1.54, 1.807) is 30.9 Å². The van der Waals surface area contributed by atoms with Crippen LogP contribution in [-0.2, 0) is 17.8 Å². The van der Waals surface area contributed by atoms with E-state index in [9.17, 15) is 9.18 Å². The van der Waals surface area contributed by atoms with Gasteiger partial charge in [-0.1, -0.05) is 24.3 Å². The molecule has 1 atom stereocenters. The van der Waals surface area contributed by atoms with E-state index in [4.69, 9.17) is 5.73 Å². The summed E-state index contributed by atoms with van der Waals surface area (Å²) in [6.45, 7) is 3.04. The summed E-state index contributed by atoms with van der Waals surface area (Å²) in [4.78, 5) is 17.2. The second kappa shape index (κ2) is 12.7. The van der Waals surface area contributed by atoms with Crippen molar-refractivity contribution < 1.29 is 9.18 Å². The number of nitrogens with one attached hydrogen (secondary N) is 2. The molecule has 2 aromatic carbocycles. The summed E-state index contributed by atoms with van der Waals surface area (Å²) >= 11 is 1.71. The lowest BCUT2D eigenvalue weighted by atomic mass is 9.98. The van der Waals surface area contributed by atoms with Gasteiger partial charge < -0.3 is 16.4 Å². The minimum Gasteiger partial charge on any atom is -0.369 e. The number of hydrogen-bond donors (Lipinski definition) is 3. The molecule has 2 aromatic rings. The Hall–Kier alpha value is -1.81. The molecule has 0 saturated heterocycles. The third-order valence-electron chi connectivity index (χ3n) is 4.43. The molecule has 2 rings (SSSR count). The van der Waals surface area contributed by atoms with Crippen molar-refractivity contribution in [2.45, 2.75) is 24.8 Å². The number of guanidine groups is 1. The van der Waals surface area contributed by atoms with Gasteiger partial charge in [-0.15, -0.1) is 35.7 Å². The molecule has 0 spiro atoms. The zero-order valence-electron chi connectivity index (χ0n) is 16.9. The summed E-state index contributed by atoms with van der Waals surface area (Å²) in [7, 11) is 1.68. The number of carbonyl (C=O) groups excluding carboxylic acids is 1. The van der Waals surface area contributed by atoms with Crippen molar-refractivity contribution >= 4 is 47.6 Å². The minimum atomic E-state index is -0.426. The highest BCUT2D eigenvalue weighted by Gasteiger charge is 2.17. The van der Waals surface area contributed by atoms with Crippen molar-refractivity contribution in [1.82, 2.24) is 10.6 Å². The second-order valence-corrected chi connectivity index (χ2v) is 7.40. The molecule has 1 unspecified atom stereocenters. The molecule has 0 aromatic heterocycles. The Morgan fingerprint density at radius 3 is 2.48 bits per heavy atom. The van der Waals surface area contributed by atoms with Crippen molar-refractivity contribution in [3.63, 3.8) is 0 Å². The fourth-order valence-corrected chi connectivity index (χ4v) is 3.50. The van der Waals surface area contributed by atoms with Crippen LogP contribution in [-0.4, -0.2) is 31.7 Å². The molecule has 0 fully saturated rings. The standard InChI is InChI=1S/C21H27FN4OS.HI/c1-14-4-7-16(19(10-14)28-3)12-25-21(24-2)26-13-17(20(23)27)11-15-5-8-18(22)9-6-15;/h4-10,17H,11-13H2,1-3H3,(H2,23,27)(H2,24,25,26);1H. The average molecular weight is 530 g/mol. The van der Waals surface area contributed by atoms with Gasteiger partial charge in [-0.2, -0.15) is 0 Å². The molecule has 0 heterocycles. The van der Waals surface area contributed by atoms with Gasteiger partial charge in [0.05, 0.1) is 5.92 Å². The van der Waals surface area contributed by atoms with Crippen LogP contribution in [0.15, 0.2) is 52.4 Å². The number of carbonyl (C=O) groups is 1. The van der Waals surface area contributed by atoms with E-state index in [2.05, 4.69) is 47.0 Å². The third kappa shape index (κ3) is 8.22. The Kier molecular flexibility index (Phi) is 11.0. The molecule has 1 amide bonds. The Morgan fingerprint density at radius 1 is 1.21 bits per heavy atom. The third-order valence-corrected chi connectivity index (χ3v) is 5.25. The number of benzene rings is 2. The van der Waals surface area contributed by atoms with Crippen LogP contribution in [0, 0.1) is 18.7 Å². The number of hydrogen-bond acceptors (Lipinski definition) is 3. The van der Waals surface area contributed by atoms with E-state index in [1.807, 2.05) is 0 Å². The van der Waals surface area contributed by atoms with Gasteiger partial charge >= 0.3 is 0 Å². The maximum absolute atomic E-state index is 13.1. The fraction of sp³-hybridized carbons (Fsp3) is 0.333. The molecule has 0 saturated carbocycles. The zero-order chi connectivity index (χ0) is 20.5. The highest BCUT2D eigenvalue weighted by molar-refractivity contribution is 14.0. The molecule has 0 radical (unpaired) electrons. The molecule has 0 bridgehead atoms. The lowest BCUT2D eigenvalue weighted by Crippen LogP contribution is -2.42. The summed E-state index contributed by atoms with van der Waals surface area (Å²) in [6, 6.07) is 12.4. The molecule has 0 aliphatic rings. The molecular formula is C21H28FIN4OS. The van der Waals surface area contributed by atoms with Gasteiger partial charge in [0, 0.05) is 25.0 Å². The van der Waals surface area contributed by atoms with Gasteiger partial charge in [0.15, 0.2) is 5.96 Å². The lowest BCUT2D eigenvalue weighted by molar-refractivity contribution is -0.121. The Balaban J connectivity index is 0.00000420. The van der Waals surface area contributed by atoms with Crippen LogP contribution < -0.4 is 16.4 Å². The molecule has 29 heavy (non-hydrogen) atoms. The summed E-state index contributed by atoms with van der Waals surface area (Å²) in [6.07, 6.45) is 2.49. The van der Waals surface area contributed by atoms with E-state index < -0.39 is 11.8 Å². The highest BCUT2D eigenvalue weighted by atomic mass is 127. The molecule has 4 N–H and O–H groups in total. The number of primary amides is 1. The summed E-state index contributed by atoms with van der Waals surface area (Å²) in [5.74, 6) is -0.540. The largest absolute Gasteiger partial charge is 0.369 e. The van der Waals surface area contributed by atoms with Gasteiger partial charge in [0.2, 0.25) is 5.91 Å². The van der Waals surface area contributed by atoms with E-state index in [-0.39, 0.29) is 29.8 Å². The summed E-state index contributed by atoms with van der Waals surface area (Å²) < 4.78 is 13.1. The SMILES string of the molecule is CN=C(NCc1ccc(C)cc1SC)NCC(Cc1ccc(F)cc1)C(N)=O.I. The first-order valence-corrected chi connectivity index (χ1v) is 10.3. The number of thioether (sulfide) groups is 1. The van der Waals surface area contributed by atoms with Crippen LogP contribution in [0.2, 0.25) is 0 Å². The number of aliphatic imine (C=N–C) groups is 1. The first kappa shape index (κ1) is 25.2. The van der Waals surface area contributed by atoms with E-state index in [0.29, 0.717) is 25.5 Å². The van der Waals surface area contributed by atoms with Crippen LogP contribution in [0.5, 0.6) is 0 Å². The van der Waals surface area contributed by atoms with Crippen molar-refractivity contribution in [2.24, 2.45) is 16.6 Å². The number of amides is 1. The van der Waals surface area contributed by atoms with Crippen LogP contribution >= 0.6 is 35.7 Å². The van der Waals surface area contributed by atoms with Gasteiger partial charge in [-0.05, 0) is 54.5 Å². The topological polar surface area (TPSA) is 79.5 Å². The molecule has 158 valence electrons.